The number of benzene rings is 3. The minimum atomic E-state index is -0.435. The van der Waals surface area contributed by atoms with Crippen molar-refractivity contribution in [2.45, 2.75) is 20.8 Å². The fourth-order valence-corrected chi connectivity index (χ4v) is 3.68. The van der Waals surface area contributed by atoms with Crippen molar-refractivity contribution in [3.8, 4) is 16.9 Å². The van der Waals surface area contributed by atoms with Crippen LogP contribution in [0.15, 0.2) is 75.9 Å². The second-order valence-corrected chi connectivity index (χ2v) is 7.58. The van der Waals surface area contributed by atoms with Gasteiger partial charge in [0.1, 0.15) is 11.3 Å². The number of hydrogen-bond acceptors (Lipinski definition) is 4. The summed E-state index contributed by atoms with van der Waals surface area (Å²) in [6.07, 6.45) is 0. The normalized spacial score (nSPS) is 10.8. The summed E-state index contributed by atoms with van der Waals surface area (Å²) in [4.78, 5) is 24.8. The van der Waals surface area contributed by atoms with Gasteiger partial charge in [-0.25, -0.2) is 4.79 Å². The second-order valence-electron chi connectivity index (χ2n) is 7.58. The number of aryl methyl sites for hydroxylation is 3. The molecule has 0 saturated carbocycles. The van der Waals surface area contributed by atoms with E-state index in [9.17, 15) is 9.59 Å². The monoisotopic (exact) mass is 413 g/mol. The number of fused-ring (bicyclic) bond motifs is 1. The number of ether oxygens (including phenoxy) is 1. The van der Waals surface area contributed by atoms with Crippen molar-refractivity contribution < 1.29 is 13.9 Å². The number of nitrogens with one attached hydrogen (secondary N) is 1. The first-order chi connectivity index (χ1) is 14.9. The van der Waals surface area contributed by atoms with Gasteiger partial charge >= 0.3 is 5.63 Å². The Morgan fingerprint density at radius 2 is 1.65 bits per heavy atom. The van der Waals surface area contributed by atoms with Gasteiger partial charge in [-0.3, -0.25) is 4.79 Å². The number of hydrogen-bond donors (Lipinski definition) is 1. The van der Waals surface area contributed by atoms with E-state index in [4.69, 9.17) is 9.15 Å². The molecule has 0 aliphatic heterocycles. The summed E-state index contributed by atoms with van der Waals surface area (Å²) in [5.74, 6) is 0.236. The average molecular weight is 413 g/mol. The van der Waals surface area contributed by atoms with E-state index < -0.39 is 5.63 Å². The van der Waals surface area contributed by atoms with E-state index in [0.717, 1.165) is 27.9 Å². The van der Waals surface area contributed by atoms with Crippen LogP contribution in [0, 0.1) is 20.8 Å². The molecule has 1 aromatic heterocycles. The molecule has 0 saturated heterocycles. The first-order valence-corrected chi connectivity index (χ1v) is 10.0. The lowest BCUT2D eigenvalue weighted by atomic mass is 10.0. The maximum absolute atomic E-state index is 12.6. The standard InChI is InChI=1S/C26H23NO4/c1-16-12-21(30-15-23(28)27-26-17(2)8-7-9-18(26)3)25-20(19-10-5-4-6-11-19)14-24(29)31-22(25)13-16/h4-14H,15H2,1-3H3,(H,27,28). The van der Waals surface area contributed by atoms with E-state index in [2.05, 4.69) is 5.32 Å². The molecule has 0 bridgehead atoms. The first kappa shape index (κ1) is 20.4. The van der Waals surface area contributed by atoms with Crippen molar-refractivity contribution in [2.75, 3.05) is 11.9 Å². The minimum absolute atomic E-state index is 0.167. The maximum atomic E-state index is 12.6. The van der Waals surface area contributed by atoms with Crippen molar-refractivity contribution in [3.05, 3.63) is 93.8 Å². The predicted octanol–water partition coefficient (Wildman–Crippen LogP) is 5.40. The molecule has 1 amide bonds. The summed E-state index contributed by atoms with van der Waals surface area (Å²) < 4.78 is 11.4. The zero-order chi connectivity index (χ0) is 22.0. The fourth-order valence-electron chi connectivity index (χ4n) is 3.68. The molecule has 0 fully saturated rings. The van der Waals surface area contributed by atoms with Gasteiger partial charge in [0.15, 0.2) is 6.61 Å². The van der Waals surface area contributed by atoms with Crippen molar-refractivity contribution in [1.82, 2.24) is 0 Å². The Hall–Kier alpha value is -3.86. The summed E-state index contributed by atoms with van der Waals surface area (Å²) >= 11 is 0. The van der Waals surface area contributed by atoms with Crippen LogP contribution in [0.25, 0.3) is 22.1 Å². The highest BCUT2D eigenvalue weighted by molar-refractivity contribution is 5.99. The van der Waals surface area contributed by atoms with Crippen molar-refractivity contribution in [2.24, 2.45) is 0 Å². The number of carbonyl (C=O) groups excluding carboxylic acids is 1. The molecular formula is C26H23NO4. The van der Waals surface area contributed by atoms with Gasteiger partial charge < -0.3 is 14.5 Å². The topological polar surface area (TPSA) is 68.5 Å². The molecule has 156 valence electrons. The Kier molecular flexibility index (Phi) is 5.58. The van der Waals surface area contributed by atoms with E-state index in [1.807, 2.05) is 75.4 Å². The zero-order valence-electron chi connectivity index (χ0n) is 17.7. The van der Waals surface area contributed by atoms with Crippen LogP contribution in [-0.2, 0) is 4.79 Å². The quantitative estimate of drug-likeness (QED) is 0.445. The van der Waals surface area contributed by atoms with Crippen LogP contribution in [0.4, 0.5) is 5.69 Å². The molecule has 4 aromatic rings. The lowest BCUT2D eigenvalue weighted by Gasteiger charge is -2.15. The van der Waals surface area contributed by atoms with Crippen LogP contribution in [0.2, 0.25) is 0 Å². The average Bonchev–Trinajstić information content (AvgIpc) is 2.74. The Bertz CT molecular complexity index is 1300. The molecule has 4 rings (SSSR count). The van der Waals surface area contributed by atoms with E-state index in [-0.39, 0.29) is 12.5 Å². The van der Waals surface area contributed by atoms with Gasteiger partial charge in [0.25, 0.3) is 5.91 Å². The van der Waals surface area contributed by atoms with Gasteiger partial charge in [0.2, 0.25) is 0 Å². The highest BCUT2D eigenvalue weighted by Gasteiger charge is 2.16. The van der Waals surface area contributed by atoms with Crippen LogP contribution in [0.1, 0.15) is 16.7 Å². The Balaban J connectivity index is 1.69. The predicted molar refractivity (Wildman–Crippen MR) is 123 cm³/mol. The Morgan fingerprint density at radius 3 is 2.35 bits per heavy atom. The Labute approximate surface area is 180 Å². The first-order valence-electron chi connectivity index (χ1n) is 10.0. The van der Waals surface area contributed by atoms with Gasteiger partial charge in [-0.1, -0.05) is 48.5 Å². The third-order valence-corrected chi connectivity index (χ3v) is 5.14. The second kappa shape index (κ2) is 8.48. The Morgan fingerprint density at radius 1 is 0.935 bits per heavy atom. The molecule has 0 unspecified atom stereocenters. The van der Waals surface area contributed by atoms with Gasteiger partial charge in [-0.2, -0.15) is 0 Å². The number of amides is 1. The summed E-state index contributed by atoms with van der Waals surface area (Å²) in [5, 5.41) is 3.59. The van der Waals surface area contributed by atoms with Gasteiger partial charge in [0.05, 0.1) is 5.39 Å². The summed E-state index contributed by atoms with van der Waals surface area (Å²) in [6.45, 7) is 5.62. The summed E-state index contributed by atoms with van der Waals surface area (Å²) in [5.41, 5.74) is 5.20. The zero-order valence-corrected chi connectivity index (χ0v) is 17.7. The van der Waals surface area contributed by atoms with Gasteiger partial charge in [-0.05, 0) is 55.2 Å². The van der Waals surface area contributed by atoms with Crippen molar-refractivity contribution >= 4 is 22.6 Å². The molecule has 0 atom stereocenters. The summed E-state index contributed by atoms with van der Waals surface area (Å²) in [7, 11) is 0. The molecule has 5 heteroatoms. The molecule has 0 radical (unpaired) electrons. The molecule has 0 aliphatic rings. The highest BCUT2D eigenvalue weighted by atomic mass is 16.5. The largest absolute Gasteiger partial charge is 0.483 e. The molecule has 1 N–H and O–H groups in total. The van der Waals surface area contributed by atoms with Crippen LogP contribution in [0.3, 0.4) is 0 Å². The van der Waals surface area contributed by atoms with Crippen LogP contribution in [0.5, 0.6) is 5.75 Å². The molecule has 0 spiro atoms. The molecule has 3 aromatic carbocycles. The van der Waals surface area contributed by atoms with Crippen molar-refractivity contribution in [3.63, 3.8) is 0 Å². The lowest BCUT2D eigenvalue weighted by Crippen LogP contribution is -2.21. The maximum Gasteiger partial charge on any atom is 0.336 e. The fraction of sp³-hybridized carbons (Fsp3) is 0.154. The SMILES string of the molecule is Cc1cc(OCC(=O)Nc2c(C)cccc2C)c2c(-c3ccccc3)cc(=O)oc2c1. The summed E-state index contributed by atoms with van der Waals surface area (Å²) in [6, 6.07) is 20.5. The van der Waals surface area contributed by atoms with Gasteiger partial charge in [0, 0.05) is 17.3 Å². The van der Waals surface area contributed by atoms with Crippen LogP contribution < -0.4 is 15.7 Å². The molecule has 0 aliphatic carbocycles. The van der Waals surface area contributed by atoms with Crippen LogP contribution >= 0.6 is 0 Å². The molecule has 1 heterocycles. The number of carbonyl (C=O) groups is 1. The minimum Gasteiger partial charge on any atom is -0.483 e. The number of anilines is 1. The van der Waals surface area contributed by atoms with E-state index in [0.29, 0.717) is 22.3 Å². The third kappa shape index (κ3) is 4.36. The highest BCUT2D eigenvalue weighted by Crippen LogP contribution is 2.35. The number of para-hydroxylation sites is 1. The van der Waals surface area contributed by atoms with Crippen LogP contribution in [-0.4, -0.2) is 12.5 Å². The van der Waals surface area contributed by atoms with E-state index in [1.54, 1.807) is 6.07 Å². The number of rotatable bonds is 5. The third-order valence-electron chi connectivity index (χ3n) is 5.14. The van der Waals surface area contributed by atoms with Crippen molar-refractivity contribution in [1.29, 1.82) is 0 Å². The molecule has 5 nitrogen and oxygen atoms in total. The van der Waals surface area contributed by atoms with Gasteiger partial charge in [-0.15, -0.1) is 0 Å². The molecule has 31 heavy (non-hydrogen) atoms. The molecular weight excluding hydrogens is 390 g/mol. The lowest BCUT2D eigenvalue weighted by molar-refractivity contribution is -0.118. The van der Waals surface area contributed by atoms with E-state index in [1.165, 1.54) is 6.07 Å². The van der Waals surface area contributed by atoms with E-state index >= 15 is 0 Å². The smallest absolute Gasteiger partial charge is 0.336 e.